The highest BCUT2D eigenvalue weighted by Crippen LogP contribution is 2.61. The molecule has 3 fully saturated rings. The van der Waals surface area contributed by atoms with Gasteiger partial charge in [0.05, 0.1) is 12.1 Å². The molecule has 5 nitrogen and oxygen atoms in total. The van der Waals surface area contributed by atoms with E-state index < -0.39 is 0 Å². The van der Waals surface area contributed by atoms with E-state index in [2.05, 4.69) is 30.9 Å². The van der Waals surface area contributed by atoms with E-state index >= 15 is 0 Å². The van der Waals surface area contributed by atoms with Gasteiger partial charge in [-0.1, -0.05) is 32.9 Å². The Bertz CT molecular complexity index is 752. The van der Waals surface area contributed by atoms with E-state index in [9.17, 15) is 4.79 Å². The Labute approximate surface area is 148 Å². The first kappa shape index (κ1) is 16.3. The van der Waals surface area contributed by atoms with Crippen LogP contribution in [0.15, 0.2) is 36.9 Å². The highest BCUT2D eigenvalue weighted by atomic mass is 16.5. The Morgan fingerprint density at radius 1 is 1.28 bits per heavy atom. The largest absolute Gasteiger partial charge is 0.458 e. The lowest BCUT2D eigenvalue weighted by atomic mass is 9.45. The van der Waals surface area contributed by atoms with Gasteiger partial charge in [-0.2, -0.15) is 5.10 Å². The van der Waals surface area contributed by atoms with Crippen molar-refractivity contribution in [3.05, 3.63) is 48.0 Å². The summed E-state index contributed by atoms with van der Waals surface area (Å²) in [4.78, 5) is 16.5. The number of carbonyl (C=O) groups is 1. The molecule has 2 aromatic rings. The fourth-order valence-corrected chi connectivity index (χ4v) is 4.71. The number of carbonyl (C=O) groups excluding carboxylic acids is 1. The second-order valence-electron chi connectivity index (χ2n) is 8.19. The molecular formula is C20H25N3O2. The lowest BCUT2D eigenvalue weighted by molar-refractivity contribution is -0.156. The first-order chi connectivity index (χ1) is 11.9. The zero-order valence-corrected chi connectivity index (χ0v) is 15.1. The molecule has 3 saturated carbocycles. The van der Waals surface area contributed by atoms with E-state index in [0.717, 1.165) is 12.0 Å². The Hall–Kier alpha value is -2.17. The van der Waals surface area contributed by atoms with Crippen LogP contribution < -0.4 is 0 Å². The van der Waals surface area contributed by atoms with Crippen molar-refractivity contribution in [2.75, 3.05) is 0 Å². The zero-order chi connectivity index (χ0) is 17.6. The lowest BCUT2D eigenvalue weighted by Crippen LogP contribution is -2.57. The maximum atomic E-state index is 12.5. The van der Waals surface area contributed by atoms with Crippen LogP contribution in [0.4, 0.5) is 0 Å². The molecule has 25 heavy (non-hydrogen) atoms. The van der Waals surface area contributed by atoms with E-state index in [1.54, 1.807) is 11.0 Å². The summed E-state index contributed by atoms with van der Waals surface area (Å²) in [5, 5.41) is 4.09. The molecule has 4 atom stereocenters. The van der Waals surface area contributed by atoms with Gasteiger partial charge in [-0.15, -0.1) is 0 Å². The summed E-state index contributed by atoms with van der Waals surface area (Å²) >= 11 is 0. The van der Waals surface area contributed by atoms with E-state index in [1.165, 1.54) is 12.7 Å². The van der Waals surface area contributed by atoms with Crippen LogP contribution in [0.3, 0.4) is 0 Å². The van der Waals surface area contributed by atoms with Crippen LogP contribution in [0.5, 0.6) is 0 Å². The Morgan fingerprint density at radius 3 is 2.64 bits per heavy atom. The lowest BCUT2D eigenvalue weighted by Gasteiger charge is -2.61. The summed E-state index contributed by atoms with van der Waals surface area (Å²) < 4.78 is 7.62. The summed E-state index contributed by atoms with van der Waals surface area (Å²) in [5.41, 5.74) is 2.11. The molecule has 0 aliphatic heterocycles. The van der Waals surface area contributed by atoms with Crippen molar-refractivity contribution in [2.24, 2.45) is 23.2 Å². The Balaban J connectivity index is 1.38. The molecule has 5 heteroatoms. The molecule has 1 aromatic heterocycles. The summed E-state index contributed by atoms with van der Waals surface area (Å²) in [6.45, 7) is 7.59. The molecule has 132 valence electrons. The van der Waals surface area contributed by atoms with Crippen molar-refractivity contribution >= 4 is 5.97 Å². The molecule has 5 rings (SSSR count). The van der Waals surface area contributed by atoms with Gasteiger partial charge < -0.3 is 4.74 Å². The van der Waals surface area contributed by atoms with Crippen LogP contribution in [-0.2, 0) is 11.3 Å². The molecule has 0 radical (unpaired) electrons. The fraction of sp³-hybridized carbons (Fsp3) is 0.550. The molecule has 0 spiro atoms. The molecule has 0 amide bonds. The second-order valence-corrected chi connectivity index (χ2v) is 8.19. The third kappa shape index (κ3) is 2.86. The van der Waals surface area contributed by atoms with Crippen LogP contribution in [0.25, 0.3) is 0 Å². The SMILES string of the molecule is C[C@@H]1[C@H]2C[C@H](C[C@H]1OC(=O)c1ccc(Cn3cncn3)cc1)C2(C)C. The molecule has 0 N–H and O–H groups in total. The number of fused-ring (bicyclic) bond motifs is 2. The van der Waals surface area contributed by atoms with Gasteiger partial charge in [0.1, 0.15) is 18.8 Å². The van der Waals surface area contributed by atoms with Crippen molar-refractivity contribution in [1.82, 2.24) is 14.8 Å². The first-order valence-electron chi connectivity index (χ1n) is 9.07. The van der Waals surface area contributed by atoms with Gasteiger partial charge in [-0.3, -0.25) is 0 Å². The minimum atomic E-state index is -0.205. The quantitative estimate of drug-likeness (QED) is 0.799. The first-order valence-corrected chi connectivity index (χ1v) is 9.07. The van der Waals surface area contributed by atoms with Gasteiger partial charge in [-0.05, 0) is 53.7 Å². The van der Waals surface area contributed by atoms with Crippen LogP contribution in [0.1, 0.15) is 49.5 Å². The molecule has 3 aliphatic rings. The molecule has 0 saturated heterocycles. The van der Waals surface area contributed by atoms with Crippen molar-refractivity contribution in [2.45, 2.75) is 46.3 Å². The molecule has 0 unspecified atom stereocenters. The average Bonchev–Trinajstić information content (AvgIpc) is 3.09. The van der Waals surface area contributed by atoms with Crippen molar-refractivity contribution in [3.8, 4) is 0 Å². The predicted molar refractivity (Wildman–Crippen MR) is 93.9 cm³/mol. The van der Waals surface area contributed by atoms with Crippen LogP contribution >= 0.6 is 0 Å². The second kappa shape index (κ2) is 5.97. The summed E-state index contributed by atoms with van der Waals surface area (Å²) in [6.07, 6.45) is 5.54. The Kier molecular flexibility index (Phi) is 3.89. The van der Waals surface area contributed by atoms with Crippen molar-refractivity contribution < 1.29 is 9.53 Å². The highest BCUT2D eigenvalue weighted by molar-refractivity contribution is 5.89. The topological polar surface area (TPSA) is 57.0 Å². The molecule has 2 bridgehead atoms. The standard InChI is InChI=1S/C20H25N3O2/c1-13-17-8-16(20(17,2)3)9-18(13)25-19(24)15-6-4-14(5-7-15)10-23-12-21-11-22-23/h4-7,11-13,16-18H,8-10H2,1-3H3/t13-,16-,17-,18-/m1/s1. The van der Waals surface area contributed by atoms with Gasteiger partial charge in [0, 0.05) is 0 Å². The number of hydrogen-bond donors (Lipinski definition) is 0. The maximum Gasteiger partial charge on any atom is 0.338 e. The zero-order valence-electron chi connectivity index (χ0n) is 15.1. The monoisotopic (exact) mass is 339 g/mol. The van der Waals surface area contributed by atoms with E-state index in [-0.39, 0.29) is 12.1 Å². The number of nitrogens with zero attached hydrogens (tertiary/aromatic N) is 3. The third-order valence-corrected chi connectivity index (χ3v) is 6.54. The normalized spacial score (nSPS) is 29.7. The van der Waals surface area contributed by atoms with Gasteiger partial charge in [0.25, 0.3) is 0 Å². The van der Waals surface area contributed by atoms with Gasteiger partial charge in [-0.25, -0.2) is 14.5 Å². The highest BCUT2D eigenvalue weighted by Gasteiger charge is 2.57. The molecule has 1 heterocycles. The van der Waals surface area contributed by atoms with Gasteiger partial charge >= 0.3 is 5.97 Å². The van der Waals surface area contributed by atoms with Crippen molar-refractivity contribution in [1.29, 1.82) is 0 Å². The average molecular weight is 339 g/mol. The van der Waals surface area contributed by atoms with Gasteiger partial charge in [0.15, 0.2) is 0 Å². The van der Waals surface area contributed by atoms with Crippen LogP contribution in [0, 0.1) is 23.2 Å². The number of ether oxygens (including phenoxy) is 1. The summed E-state index contributed by atoms with van der Waals surface area (Å²) in [5.74, 6) is 1.60. The number of esters is 1. The number of hydrogen-bond acceptors (Lipinski definition) is 4. The molecular weight excluding hydrogens is 314 g/mol. The fourth-order valence-electron chi connectivity index (χ4n) is 4.71. The summed E-state index contributed by atoms with van der Waals surface area (Å²) in [7, 11) is 0. The number of benzene rings is 1. The smallest absolute Gasteiger partial charge is 0.338 e. The van der Waals surface area contributed by atoms with E-state index in [1.807, 2.05) is 24.3 Å². The van der Waals surface area contributed by atoms with Crippen LogP contribution in [-0.4, -0.2) is 26.8 Å². The molecule has 1 aromatic carbocycles. The predicted octanol–water partition coefficient (Wildman–Crippen LogP) is 3.55. The van der Waals surface area contributed by atoms with E-state index in [4.69, 9.17) is 4.74 Å². The summed E-state index contributed by atoms with van der Waals surface area (Å²) in [6, 6.07) is 7.58. The number of rotatable bonds is 4. The van der Waals surface area contributed by atoms with E-state index in [0.29, 0.717) is 35.3 Å². The third-order valence-electron chi connectivity index (χ3n) is 6.54. The maximum absolute atomic E-state index is 12.5. The van der Waals surface area contributed by atoms with Crippen LogP contribution in [0.2, 0.25) is 0 Å². The van der Waals surface area contributed by atoms with Gasteiger partial charge in [0.2, 0.25) is 0 Å². The minimum absolute atomic E-state index is 0.0547. The minimum Gasteiger partial charge on any atom is -0.458 e. The Morgan fingerprint density at radius 2 is 2.04 bits per heavy atom. The molecule has 3 aliphatic carbocycles. The number of aromatic nitrogens is 3. The van der Waals surface area contributed by atoms with Crippen molar-refractivity contribution in [3.63, 3.8) is 0 Å².